The quantitative estimate of drug-likeness (QED) is 0.320. The molecule has 0 N–H and O–H groups in total. The van der Waals surface area contributed by atoms with Crippen LogP contribution in [-0.2, 0) is 27.4 Å². The minimum Gasteiger partial charge on any atom is -0.445 e. The summed E-state index contributed by atoms with van der Waals surface area (Å²) in [6.45, 7) is 1.39. The van der Waals surface area contributed by atoms with Crippen LogP contribution in [0.25, 0.3) is 0 Å². The predicted molar refractivity (Wildman–Crippen MR) is 134 cm³/mol. The Morgan fingerprint density at radius 2 is 1.62 bits per heavy atom. The van der Waals surface area contributed by atoms with Crippen LogP contribution in [0.1, 0.15) is 56.1 Å². The molecule has 0 aliphatic heterocycles. The van der Waals surface area contributed by atoms with Crippen LogP contribution in [0.5, 0.6) is 0 Å². The molecule has 0 bridgehead atoms. The molecule has 0 aromatic heterocycles. The fraction of sp³-hybridized carbons (Fsp3) is 0.464. The van der Waals surface area contributed by atoms with Crippen molar-refractivity contribution in [3.05, 3.63) is 65.7 Å². The van der Waals surface area contributed by atoms with Crippen LogP contribution in [0, 0.1) is 0 Å². The molecule has 182 valence electrons. The molecule has 0 saturated heterocycles. The third-order valence-corrected chi connectivity index (χ3v) is 6.43. The SMILES string of the molecule is O=CCCN(CCc1cccc(N(CC=O)C2CCCCCC2)c1)C(=O)OCc1ccccc1. The average molecular weight is 465 g/mol. The second-order valence-corrected chi connectivity index (χ2v) is 8.87. The number of rotatable bonds is 12. The summed E-state index contributed by atoms with van der Waals surface area (Å²) in [6.07, 6.45) is 9.49. The number of ether oxygens (including phenoxy) is 1. The van der Waals surface area contributed by atoms with Crippen LogP contribution in [0.15, 0.2) is 54.6 Å². The maximum absolute atomic E-state index is 12.7. The van der Waals surface area contributed by atoms with Crippen LogP contribution in [0.4, 0.5) is 10.5 Å². The summed E-state index contributed by atoms with van der Waals surface area (Å²) in [7, 11) is 0. The standard InChI is InChI=1S/C28H36N2O4/c31-20-9-17-29(28(33)34-23-25-10-4-3-5-11-25)18-16-24-12-8-15-27(22-24)30(19-21-32)26-13-6-1-2-7-14-26/h3-5,8,10-12,15,20-22,26H,1-2,6-7,9,13-14,16-19,23H2. The van der Waals surface area contributed by atoms with E-state index < -0.39 is 6.09 Å². The Morgan fingerprint density at radius 1 is 0.882 bits per heavy atom. The molecule has 2 aromatic carbocycles. The van der Waals surface area contributed by atoms with Gasteiger partial charge in [0.25, 0.3) is 0 Å². The van der Waals surface area contributed by atoms with E-state index in [2.05, 4.69) is 17.0 Å². The summed E-state index contributed by atoms with van der Waals surface area (Å²) >= 11 is 0. The van der Waals surface area contributed by atoms with Gasteiger partial charge in [-0.2, -0.15) is 0 Å². The highest BCUT2D eigenvalue weighted by atomic mass is 16.6. The van der Waals surface area contributed by atoms with E-state index in [0.29, 0.717) is 32.1 Å². The highest BCUT2D eigenvalue weighted by molar-refractivity contribution is 5.68. The Morgan fingerprint density at radius 3 is 2.32 bits per heavy atom. The molecular weight excluding hydrogens is 428 g/mol. The average Bonchev–Trinajstić information content (AvgIpc) is 3.16. The van der Waals surface area contributed by atoms with Crippen molar-refractivity contribution in [3.63, 3.8) is 0 Å². The van der Waals surface area contributed by atoms with Gasteiger partial charge in [-0.3, -0.25) is 0 Å². The number of benzene rings is 2. The number of nitrogens with zero attached hydrogens (tertiary/aromatic N) is 2. The molecule has 2 aromatic rings. The second-order valence-electron chi connectivity index (χ2n) is 8.87. The Kier molecular flexibility index (Phi) is 10.6. The van der Waals surface area contributed by atoms with Crippen molar-refractivity contribution in [2.75, 3.05) is 24.5 Å². The minimum atomic E-state index is -0.414. The number of hydrogen-bond donors (Lipinski definition) is 0. The fourth-order valence-corrected chi connectivity index (χ4v) is 4.58. The highest BCUT2D eigenvalue weighted by Crippen LogP contribution is 2.27. The van der Waals surface area contributed by atoms with Crippen LogP contribution >= 0.6 is 0 Å². The van der Waals surface area contributed by atoms with E-state index >= 15 is 0 Å². The molecular formula is C28H36N2O4. The Balaban J connectivity index is 1.63. The number of aldehydes is 2. The van der Waals surface area contributed by atoms with E-state index in [4.69, 9.17) is 4.74 Å². The van der Waals surface area contributed by atoms with Crippen molar-refractivity contribution < 1.29 is 19.1 Å². The molecule has 0 heterocycles. The zero-order valence-corrected chi connectivity index (χ0v) is 19.9. The highest BCUT2D eigenvalue weighted by Gasteiger charge is 2.21. The van der Waals surface area contributed by atoms with Crippen LogP contribution in [0.3, 0.4) is 0 Å². The molecule has 1 fully saturated rings. The zero-order valence-electron chi connectivity index (χ0n) is 19.9. The first kappa shape index (κ1) is 25.5. The van der Waals surface area contributed by atoms with Crippen molar-refractivity contribution >= 4 is 24.4 Å². The van der Waals surface area contributed by atoms with Gasteiger partial charge in [-0.05, 0) is 42.5 Å². The minimum absolute atomic E-state index is 0.203. The summed E-state index contributed by atoms with van der Waals surface area (Å²) in [4.78, 5) is 38.9. The van der Waals surface area contributed by atoms with E-state index in [1.807, 2.05) is 42.5 Å². The summed E-state index contributed by atoms with van der Waals surface area (Å²) in [5.41, 5.74) is 3.07. The van der Waals surface area contributed by atoms with Crippen molar-refractivity contribution in [1.29, 1.82) is 0 Å². The van der Waals surface area contributed by atoms with Gasteiger partial charge in [0.15, 0.2) is 0 Å². The van der Waals surface area contributed by atoms with Gasteiger partial charge in [0.05, 0.1) is 6.54 Å². The molecule has 3 rings (SSSR count). The van der Waals surface area contributed by atoms with Gasteiger partial charge in [0.1, 0.15) is 19.2 Å². The first-order chi connectivity index (χ1) is 16.7. The predicted octanol–water partition coefficient (Wildman–Crippen LogP) is 5.19. The number of hydrogen-bond acceptors (Lipinski definition) is 5. The maximum atomic E-state index is 12.7. The van der Waals surface area contributed by atoms with Gasteiger partial charge in [0.2, 0.25) is 0 Å². The number of carbonyl (C=O) groups is 3. The number of anilines is 1. The van der Waals surface area contributed by atoms with E-state index in [9.17, 15) is 14.4 Å². The van der Waals surface area contributed by atoms with Gasteiger partial charge < -0.3 is 24.1 Å². The van der Waals surface area contributed by atoms with Crippen LogP contribution < -0.4 is 4.90 Å². The lowest BCUT2D eigenvalue weighted by Crippen LogP contribution is -2.36. The van der Waals surface area contributed by atoms with Crippen LogP contribution in [0.2, 0.25) is 0 Å². The van der Waals surface area contributed by atoms with E-state index in [1.165, 1.54) is 25.7 Å². The lowest BCUT2D eigenvalue weighted by molar-refractivity contribution is -0.108. The van der Waals surface area contributed by atoms with E-state index in [0.717, 1.165) is 42.2 Å². The first-order valence-electron chi connectivity index (χ1n) is 12.4. The maximum Gasteiger partial charge on any atom is 0.410 e. The monoisotopic (exact) mass is 464 g/mol. The zero-order chi connectivity index (χ0) is 24.0. The summed E-state index contributed by atoms with van der Waals surface area (Å²) in [5.74, 6) is 0. The Labute approximate surface area is 202 Å². The van der Waals surface area contributed by atoms with Crippen molar-refractivity contribution in [3.8, 4) is 0 Å². The largest absolute Gasteiger partial charge is 0.445 e. The Bertz CT molecular complexity index is 894. The second kappa shape index (κ2) is 14.2. The number of amides is 1. The normalized spacial score (nSPS) is 14.1. The smallest absolute Gasteiger partial charge is 0.410 e. The summed E-state index contributed by atoms with van der Waals surface area (Å²) in [5, 5.41) is 0. The van der Waals surface area contributed by atoms with E-state index in [-0.39, 0.29) is 13.0 Å². The Hall–Kier alpha value is -3.15. The van der Waals surface area contributed by atoms with Crippen LogP contribution in [-0.4, -0.2) is 49.2 Å². The van der Waals surface area contributed by atoms with Gasteiger partial charge >= 0.3 is 6.09 Å². The van der Waals surface area contributed by atoms with Gasteiger partial charge in [-0.1, -0.05) is 68.1 Å². The third kappa shape index (κ3) is 8.01. The topological polar surface area (TPSA) is 66.9 Å². The molecule has 0 spiro atoms. The lowest BCUT2D eigenvalue weighted by atomic mass is 10.0. The third-order valence-electron chi connectivity index (χ3n) is 6.43. The molecule has 1 amide bonds. The summed E-state index contributed by atoms with van der Waals surface area (Å²) in [6, 6.07) is 18.2. The molecule has 0 unspecified atom stereocenters. The van der Waals surface area contributed by atoms with Gasteiger partial charge in [-0.15, -0.1) is 0 Å². The lowest BCUT2D eigenvalue weighted by Gasteiger charge is -2.32. The van der Waals surface area contributed by atoms with Crippen molar-refractivity contribution in [2.24, 2.45) is 0 Å². The first-order valence-corrected chi connectivity index (χ1v) is 12.4. The molecule has 6 heteroatoms. The van der Waals surface area contributed by atoms with E-state index in [1.54, 1.807) is 4.90 Å². The van der Waals surface area contributed by atoms with Crippen molar-refractivity contribution in [1.82, 2.24) is 4.90 Å². The molecule has 6 nitrogen and oxygen atoms in total. The summed E-state index contributed by atoms with van der Waals surface area (Å²) < 4.78 is 5.48. The van der Waals surface area contributed by atoms with Crippen molar-refractivity contribution in [2.45, 2.75) is 64.0 Å². The molecule has 1 aliphatic rings. The van der Waals surface area contributed by atoms with Gasteiger partial charge in [0, 0.05) is 31.2 Å². The molecule has 34 heavy (non-hydrogen) atoms. The molecule has 1 aliphatic carbocycles. The van der Waals surface area contributed by atoms with Gasteiger partial charge in [-0.25, -0.2) is 4.79 Å². The fourth-order valence-electron chi connectivity index (χ4n) is 4.58. The molecule has 0 radical (unpaired) electrons. The number of carbonyl (C=O) groups excluding carboxylic acids is 3. The molecule has 0 atom stereocenters. The molecule has 1 saturated carbocycles.